The predicted molar refractivity (Wildman–Crippen MR) is 86.2 cm³/mol. The monoisotopic (exact) mass is 318 g/mol. The summed E-state index contributed by atoms with van der Waals surface area (Å²) >= 11 is 1.40. The van der Waals surface area contributed by atoms with E-state index in [0.29, 0.717) is 17.0 Å². The zero-order valence-electron chi connectivity index (χ0n) is 11.7. The lowest BCUT2D eigenvalue weighted by molar-refractivity contribution is -0.113. The van der Waals surface area contributed by atoms with E-state index in [-0.39, 0.29) is 17.5 Å². The number of anilines is 1. The molecule has 0 aliphatic carbocycles. The SMILES string of the molecule is NC(=O)c1ccc(NC(=O)CSCc2cccc(F)c2)cc1. The molecule has 0 aromatic heterocycles. The maximum Gasteiger partial charge on any atom is 0.248 e. The molecular formula is C16H15FN2O2S. The van der Waals surface area contributed by atoms with Crippen molar-refractivity contribution < 1.29 is 14.0 Å². The Labute approximate surface area is 131 Å². The van der Waals surface area contributed by atoms with Gasteiger partial charge in [-0.2, -0.15) is 0 Å². The van der Waals surface area contributed by atoms with Crippen LogP contribution in [0, 0.1) is 5.82 Å². The van der Waals surface area contributed by atoms with Gasteiger partial charge in [0.25, 0.3) is 0 Å². The van der Waals surface area contributed by atoms with Gasteiger partial charge < -0.3 is 11.1 Å². The van der Waals surface area contributed by atoms with E-state index < -0.39 is 5.91 Å². The molecule has 2 aromatic rings. The first-order chi connectivity index (χ1) is 10.5. The fraction of sp³-hybridized carbons (Fsp3) is 0.125. The van der Waals surface area contributed by atoms with Crippen molar-refractivity contribution in [3.05, 3.63) is 65.5 Å². The number of carbonyl (C=O) groups excluding carboxylic acids is 2. The Bertz CT molecular complexity index is 674. The number of primary amides is 1. The second-order valence-corrected chi connectivity index (χ2v) is 5.60. The average molecular weight is 318 g/mol. The average Bonchev–Trinajstić information content (AvgIpc) is 2.48. The number of nitrogens with one attached hydrogen (secondary N) is 1. The van der Waals surface area contributed by atoms with Crippen LogP contribution in [0.2, 0.25) is 0 Å². The van der Waals surface area contributed by atoms with Crippen LogP contribution in [0.4, 0.5) is 10.1 Å². The van der Waals surface area contributed by atoms with Gasteiger partial charge in [-0.3, -0.25) is 9.59 Å². The number of thioether (sulfide) groups is 1. The summed E-state index contributed by atoms with van der Waals surface area (Å²) in [6.45, 7) is 0. The van der Waals surface area contributed by atoms with E-state index in [1.807, 2.05) is 6.07 Å². The molecule has 3 N–H and O–H groups in total. The second-order valence-electron chi connectivity index (χ2n) is 4.61. The molecule has 0 aliphatic rings. The van der Waals surface area contributed by atoms with Crippen LogP contribution in [0.1, 0.15) is 15.9 Å². The van der Waals surface area contributed by atoms with Crippen molar-refractivity contribution >= 4 is 29.3 Å². The first-order valence-electron chi connectivity index (χ1n) is 6.56. The number of nitrogens with two attached hydrogens (primary N) is 1. The molecule has 2 rings (SSSR count). The van der Waals surface area contributed by atoms with E-state index in [1.165, 1.54) is 23.9 Å². The highest BCUT2D eigenvalue weighted by Crippen LogP contribution is 2.14. The summed E-state index contributed by atoms with van der Waals surface area (Å²) in [4.78, 5) is 22.7. The van der Waals surface area contributed by atoms with Gasteiger partial charge in [-0.1, -0.05) is 12.1 Å². The standard InChI is InChI=1S/C16H15FN2O2S/c17-13-3-1-2-11(8-13)9-22-10-15(20)19-14-6-4-12(5-7-14)16(18)21/h1-8H,9-10H2,(H2,18,21)(H,19,20). The maximum absolute atomic E-state index is 13.0. The van der Waals surface area contributed by atoms with E-state index in [2.05, 4.69) is 5.32 Å². The van der Waals surface area contributed by atoms with E-state index in [9.17, 15) is 14.0 Å². The molecule has 0 saturated carbocycles. The molecule has 6 heteroatoms. The Hall–Kier alpha value is -2.34. The fourth-order valence-corrected chi connectivity index (χ4v) is 2.58. The van der Waals surface area contributed by atoms with Crippen molar-refractivity contribution in [3.8, 4) is 0 Å². The largest absolute Gasteiger partial charge is 0.366 e. The normalized spacial score (nSPS) is 10.2. The van der Waals surface area contributed by atoms with Crippen LogP contribution in [-0.2, 0) is 10.5 Å². The molecule has 0 bridgehead atoms. The number of hydrogen-bond acceptors (Lipinski definition) is 3. The van der Waals surface area contributed by atoms with Crippen molar-refractivity contribution in [2.24, 2.45) is 5.73 Å². The van der Waals surface area contributed by atoms with Crippen molar-refractivity contribution in [2.75, 3.05) is 11.1 Å². The Kier molecular flexibility index (Phi) is 5.55. The number of rotatable bonds is 6. The molecule has 0 aliphatic heterocycles. The van der Waals surface area contributed by atoms with Crippen molar-refractivity contribution in [1.29, 1.82) is 0 Å². The summed E-state index contributed by atoms with van der Waals surface area (Å²) in [6, 6.07) is 12.6. The number of carbonyl (C=O) groups is 2. The van der Waals surface area contributed by atoms with Gasteiger partial charge in [0.2, 0.25) is 11.8 Å². The Morgan fingerprint density at radius 3 is 2.50 bits per heavy atom. The van der Waals surface area contributed by atoms with E-state index in [0.717, 1.165) is 5.56 Å². The van der Waals surface area contributed by atoms with Gasteiger partial charge in [0.15, 0.2) is 0 Å². The first-order valence-corrected chi connectivity index (χ1v) is 7.72. The summed E-state index contributed by atoms with van der Waals surface area (Å²) in [7, 11) is 0. The Morgan fingerprint density at radius 2 is 1.86 bits per heavy atom. The lowest BCUT2D eigenvalue weighted by atomic mass is 10.2. The predicted octanol–water partition coefficient (Wildman–Crippen LogP) is 2.80. The van der Waals surface area contributed by atoms with Gasteiger partial charge in [0.1, 0.15) is 5.82 Å². The number of amides is 2. The lowest BCUT2D eigenvalue weighted by Gasteiger charge is -2.06. The Morgan fingerprint density at radius 1 is 1.14 bits per heavy atom. The molecule has 0 fully saturated rings. The molecular weight excluding hydrogens is 303 g/mol. The van der Waals surface area contributed by atoms with E-state index in [1.54, 1.807) is 30.3 Å². The highest BCUT2D eigenvalue weighted by atomic mass is 32.2. The summed E-state index contributed by atoms with van der Waals surface area (Å²) in [5.74, 6) is -0.131. The minimum atomic E-state index is -0.511. The van der Waals surface area contributed by atoms with Crippen molar-refractivity contribution in [2.45, 2.75) is 5.75 Å². The summed E-state index contributed by atoms with van der Waals surface area (Å²) in [6.07, 6.45) is 0. The van der Waals surface area contributed by atoms with Crippen LogP contribution in [0.25, 0.3) is 0 Å². The number of hydrogen-bond donors (Lipinski definition) is 2. The number of halogens is 1. The minimum Gasteiger partial charge on any atom is -0.366 e. The third-order valence-corrected chi connectivity index (χ3v) is 3.85. The molecule has 0 saturated heterocycles. The summed E-state index contributed by atoms with van der Waals surface area (Å²) in [5, 5.41) is 2.72. The van der Waals surface area contributed by atoms with Gasteiger partial charge in [-0.15, -0.1) is 11.8 Å². The smallest absolute Gasteiger partial charge is 0.248 e. The van der Waals surface area contributed by atoms with Crippen LogP contribution in [0.5, 0.6) is 0 Å². The molecule has 0 radical (unpaired) electrons. The second kappa shape index (κ2) is 7.61. The molecule has 0 heterocycles. The number of benzene rings is 2. The lowest BCUT2D eigenvalue weighted by Crippen LogP contribution is -2.15. The minimum absolute atomic E-state index is 0.159. The molecule has 2 aromatic carbocycles. The third-order valence-electron chi connectivity index (χ3n) is 2.84. The van der Waals surface area contributed by atoms with Crippen LogP contribution < -0.4 is 11.1 Å². The highest BCUT2D eigenvalue weighted by Gasteiger charge is 2.05. The van der Waals surface area contributed by atoms with Gasteiger partial charge >= 0.3 is 0 Å². The quantitative estimate of drug-likeness (QED) is 0.860. The topological polar surface area (TPSA) is 72.2 Å². The van der Waals surface area contributed by atoms with Crippen molar-refractivity contribution in [1.82, 2.24) is 0 Å². The molecule has 114 valence electrons. The maximum atomic E-state index is 13.0. The van der Waals surface area contributed by atoms with Crippen molar-refractivity contribution in [3.63, 3.8) is 0 Å². The molecule has 0 spiro atoms. The summed E-state index contributed by atoms with van der Waals surface area (Å²) in [5.41, 5.74) is 6.96. The van der Waals surface area contributed by atoms with Crippen LogP contribution in [-0.4, -0.2) is 17.6 Å². The highest BCUT2D eigenvalue weighted by molar-refractivity contribution is 7.99. The van der Waals surface area contributed by atoms with Crippen LogP contribution in [0.15, 0.2) is 48.5 Å². The van der Waals surface area contributed by atoms with E-state index in [4.69, 9.17) is 5.73 Å². The molecule has 0 atom stereocenters. The fourth-order valence-electron chi connectivity index (χ4n) is 1.80. The zero-order chi connectivity index (χ0) is 15.9. The van der Waals surface area contributed by atoms with Gasteiger partial charge in [-0.25, -0.2) is 4.39 Å². The van der Waals surface area contributed by atoms with Gasteiger partial charge in [-0.05, 0) is 42.0 Å². The first kappa shape index (κ1) is 16.0. The summed E-state index contributed by atoms with van der Waals surface area (Å²) < 4.78 is 13.0. The molecule has 4 nitrogen and oxygen atoms in total. The van der Waals surface area contributed by atoms with Gasteiger partial charge in [0, 0.05) is 17.0 Å². The van der Waals surface area contributed by atoms with Crippen LogP contribution >= 0.6 is 11.8 Å². The third kappa shape index (κ3) is 4.89. The van der Waals surface area contributed by atoms with Gasteiger partial charge in [0.05, 0.1) is 5.75 Å². The molecule has 0 unspecified atom stereocenters. The molecule has 2 amide bonds. The zero-order valence-corrected chi connectivity index (χ0v) is 12.5. The molecule has 22 heavy (non-hydrogen) atoms. The van der Waals surface area contributed by atoms with Crippen LogP contribution in [0.3, 0.4) is 0 Å². The van der Waals surface area contributed by atoms with E-state index >= 15 is 0 Å². The Balaban J connectivity index is 1.79.